The number of benzene rings is 2. The number of rotatable bonds is 5. The quantitative estimate of drug-likeness (QED) is 0.541. The number of aromatic nitrogens is 2. The van der Waals surface area contributed by atoms with Crippen LogP contribution >= 0.6 is 0 Å². The molecule has 0 spiro atoms. The highest BCUT2D eigenvalue weighted by Crippen LogP contribution is 2.26. The van der Waals surface area contributed by atoms with Crippen molar-refractivity contribution in [3.05, 3.63) is 53.8 Å². The van der Waals surface area contributed by atoms with Gasteiger partial charge in [0.1, 0.15) is 11.6 Å². The molecule has 0 aliphatic heterocycles. The summed E-state index contributed by atoms with van der Waals surface area (Å²) in [6.07, 6.45) is 3.50. The van der Waals surface area contributed by atoms with E-state index in [-0.39, 0.29) is 23.9 Å². The van der Waals surface area contributed by atoms with Crippen LogP contribution in [0.15, 0.2) is 42.5 Å². The van der Waals surface area contributed by atoms with Gasteiger partial charge in [0.2, 0.25) is 5.95 Å². The van der Waals surface area contributed by atoms with Crippen LogP contribution in [0.2, 0.25) is 0 Å². The zero-order valence-electron chi connectivity index (χ0n) is 18.7. The van der Waals surface area contributed by atoms with Crippen LogP contribution in [0.3, 0.4) is 0 Å². The predicted octanol–water partition coefficient (Wildman–Crippen LogP) is 4.69. The summed E-state index contributed by atoms with van der Waals surface area (Å²) in [4.78, 5) is 23.8. The van der Waals surface area contributed by atoms with Gasteiger partial charge in [-0.3, -0.25) is 0 Å². The second-order valence-electron chi connectivity index (χ2n) is 8.53. The fourth-order valence-corrected chi connectivity index (χ4v) is 4.10. The number of nitrogens with zero attached hydrogens (tertiary/aromatic N) is 3. The molecule has 3 aromatic rings. The number of carbonyl (C=O) groups is 1. The highest BCUT2D eigenvalue weighted by Gasteiger charge is 2.23. The number of halogens is 1. The van der Waals surface area contributed by atoms with E-state index in [0.717, 1.165) is 48.0 Å². The molecule has 3 N–H and O–H groups in total. The van der Waals surface area contributed by atoms with E-state index in [9.17, 15) is 9.18 Å². The van der Waals surface area contributed by atoms with Gasteiger partial charge in [0, 0.05) is 37.3 Å². The van der Waals surface area contributed by atoms with Crippen molar-refractivity contribution in [1.29, 1.82) is 0 Å². The number of hydrogen-bond donors (Lipinski definition) is 3. The first kappa shape index (κ1) is 21.8. The number of fused-ring (bicyclic) bond motifs is 1. The molecule has 1 fully saturated rings. The molecule has 2 aromatic carbocycles. The minimum atomic E-state index is -0.370. The lowest BCUT2D eigenvalue weighted by atomic mass is 9.91. The van der Waals surface area contributed by atoms with Crippen molar-refractivity contribution in [2.45, 2.75) is 44.7 Å². The lowest BCUT2D eigenvalue weighted by Crippen LogP contribution is -2.42. The molecule has 1 aromatic heterocycles. The summed E-state index contributed by atoms with van der Waals surface area (Å²) < 4.78 is 13.4. The SMILES string of the molecule is Cc1ccc(F)cc1NC(=O)NC1CCC(Nc2nc(N(C)C)c3ccccc3n2)CC1. The Labute approximate surface area is 187 Å². The number of nitrogens with one attached hydrogen (secondary N) is 3. The fourth-order valence-electron chi connectivity index (χ4n) is 4.10. The molecule has 4 rings (SSSR count). The summed E-state index contributed by atoms with van der Waals surface area (Å²) in [5, 5.41) is 10.3. The summed E-state index contributed by atoms with van der Waals surface area (Å²) in [7, 11) is 3.96. The zero-order chi connectivity index (χ0) is 22.7. The number of aryl methyl sites for hydroxylation is 1. The summed E-state index contributed by atoms with van der Waals surface area (Å²) in [6.45, 7) is 1.84. The standard InChI is InChI=1S/C24H29FN6O/c1-15-8-9-16(25)14-21(15)29-24(32)27-18-12-10-17(11-13-18)26-23-28-20-7-5-4-6-19(20)22(30-23)31(2)3/h4-9,14,17-18H,10-13H2,1-3H3,(H,26,28,30)(H2,27,29,32). The molecular formula is C24H29FN6O. The molecule has 32 heavy (non-hydrogen) atoms. The van der Waals surface area contributed by atoms with E-state index in [2.05, 4.69) is 20.9 Å². The zero-order valence-corrected chi connectivity index (χ0v) is 18.7. The summed E-state index contributed by atoms with van der Waals surface area (Å²) in [5.74, 6) is 1.15. The molecule has 168 valence electrons. The Morgan fingerprint density at radius 3 is 2.50 bits per heavy atom. The van der Waals surface area contributed by atoms with Crippen molar-refractivity contribution in [3.63, 3.8) is 0 Å². The second-order valence-corrected chi connectivity index (χ2v) is 8.53. The monoisotopic (exact) mass is 436 g/mol. The number of hydrogen-bond acceptors (Lipinski definition) is 5. The van der Waals surface area contributed by atoms with Gasteiger partial charge in [0.05, 0.1) is 5.52 Å². The van der Waals surface area contributed by atoms with Crippen molar-refractivity contribution in [1.82, 2.24) is 15.3 Å². The fraction of sp³-hybridized carbons (Fsp3) is 0.375. The molecule has 7 nitrogen and oxygen atoms in total. The Balaban J connectivity index is 1.33. The third kappa shape index (κ3) is 5.07. The van der Waals surface area contributed by atoms with Crippen LogP contribution in [0.25, 0.3) is 10.9 Å². The molecule has 1 aliphatic rings. The highest BCUT2D eigenvalue weighted by molar-refractivity contribution is 5.91. The minimum Gasteiger partial charge on any atom is -0.362 e. The molecule has 0 radical (unpaired) electrons. The van der Waals surface area contributed by atoms with E-state index in [1.54, 1.807) is 6.07 Å². The van der Waals surface area contributed by atoms with Gasteiger partial charge in [-0.05, 0) is 62.4 Å². The average Bonchev–Trinajstić information content (AvgIpc) is 2.77. The van der Waals surface area contributed by atoms with Crippen molar-refractivity contribution in [3.8, 4) is 0 Å². The Morgan fingerprint density at radius 2 is 1.75 bits per heavy atom. The van der Waals surface area contributed by atoms with E-state index in [1.807, 2.05) is 50.2 Å². The number of anilines is 3. The molecule has 8 heteroatoms. The third-order valence-electron chi connectivity index (χ3n) is 5.85. The van der Waals surface area contributed by atoms with Crippen LogP contribution in [0.1, 0.15) is 31.2 Å². The molecule has 1 saturated carbocycles. The maximum atomic E-state index is 13.4. The summed E-state index contributed by atoms with van der Waals surface area (Å²) in [5.41, 5.74) is 2.22. The van der Waals surface area contributed by atoms with Gasteiger partial charge in [-0.25, -0.2) is 14.2 Å². The normalized spacial score (nSPS) is 18.2. The number of urea groups is 1. The van der Waals surface area contributed by atoms with Crippen molar-refractivity contribution in [2.24, 2.45) is 0 Å². The van der Waals surface area contributed by atoms with Gasteiger partial charge in [-0.15, -0.1) is 0 Å². The first-order valence-electron chi connectivity index (χ1n) is 10.9. The lowest BCUT2D eigenvalue weighted by Gasteiger charge is -2.30. The molecule has 1 heterocycles. The Kier molecular flexibility index (Phi) is 6.39. The highest BCUT2D eigenvalue weighted by atomic mass is 19.1. The van der Waals surface area contributed by atoms with Gasteiger partial charge >= 0.3 is 6.03 Å². The summed E-state index contributed by atoms with van der Waals surface area (Å²) >= 11 is 0. The van der Waals surface area contributed by atoms with Crippen LogP contribution < -0.4 is 20.9 Å². The first-order valence-corrected chi connectivity index (χ1v) is 10.9. The molecule has 2 amide bonds. The van der Waals surface area contributed by atoms with Crippen LogP contribution in [0.4, 0.5) is 26.6 Å². The maximum Gasteiger partial charge on any atom is 0.319 e. The maximum absolute atomic E-state index is 13.4. The molecule has 1 aliphatic carbocycles. The van der Waals surface area contributed by atoms with Crippen molar-refractivity contribution >= 4 is 34.4 Å². The average molecular weight is 437 g/mol. The molecular weight excluding hydrogens is 407 g/mol. The number of amides is 2. The van der Waals surface area contributed by atoms with E-state index in [0.29, 0.717) is 11.6 Å². The van der Waals surface area contributed by atoms with Crippen molar-refractivity contribution < 1.29 is 9.18 Å². The van der Waals surface area contributed by atoms with Crippen molar-refractivity contribution in [2.75, 3.05) is 29.6 Å². The molecule has 0 atom stereocenters. The Hall–Kier alpha value is -3.42. The van der Waals surface area contributed by atoms with Gasteiger partial charge in [-0.1, -0.05) is 18.2 Å². The Morgan fingerprint density at radius 1 is 1.03 bits per heavy atom. The third-order valence-corrected chi connectivity index (χ3v) is 5.85. The molecule has 0 bridgehead atoms. The van der Waals surface area contributed by atoms with E-state index in [1.165, 1.54) is 12.1 Å². The van der Waals surface area contributed by atoms with E-state index >= 15 is 0 Å². The second kappa shape index (κ2) is 9.38. The van der Waals surface area contributed by atoms with Gasteiger partial charge in [0.25, 0.3) is 0 Å². The Bertz CT molecular complexity index is 1110. The number of para-hydroxylation sites is 1. The summed E-state index contributed by atoms with van der Waals surface area (Å²) in [6, 6.07) is 12.4. The number of carbonyl (C=O) groups excluding carboxylic acids is 1. The van der Waals surface area contributed by atoms with Gasteiger partial charge in [-0.2, -0.15) is 4.98 Å². The van der Waals surface area contributed by atoms with Gasteiger partial charge < -0.3 is 20.9 Å². The largest absolute Gasteiger partial charge is 0.362 e. The van der Waals surface area contributed by atoms with Crippen LogP contribution in [-0.2, 0) is 0 Å². The van der Waals surface area contributed by atoms with Crippen LogP contribution in [0, 0.1) is 12.7 Å². The van der Waals surface area contributed by atoms with Crippen LogP contribution in [-0.4, -0.2) is 42.2 Å². The molecule has 0 saturated heterocycles. The minimum absolute atomic E-state index is 0.0803. The first-order chi connectivity index (χ1) is 15.4. The molecule has 0 unspecified atom stereocenters. The van der Waals surface area contributed by atoms with Crippen LogP contribution in [0.5, 0.6) is 0 Å². The van der Waals surface area contributed by atoms with E-state index in [4.69, 9.17) is 4.98 Å². The van der Waals surface area contributed by atoms with E-state index < -0.39 is 0 Å². The topological polar surface area (TPSA) is 82.2 Å². The smallest absolute Gasteiger partial charge is 0.319 e. The van der Waals surface area contributed by atoms with Gasteiger partial charge in [0.15, 0.2) is 0 Å². The predicted molar refractivity (Wildman–Crippen MR) is 127 cm³/mol. The lowest BCUT2D eigenvalue weighted by molar-refractivity contribution is 0.243.